The molecule has 0 amide bonds. The first-order valence-corrected chi connectivity index (χ1v) is 5.09. The molecule has 0 aliphatic rings. The van der Waals surface area contributed by atoms with Crippen LogP contribution >= 0.6 is 0 Å². The molecule has 0 aliphatic carbocycles. The summed E-state index contributed by atoms with van der Waals surface area (Å²) >= 11 is 0. The molecule has 2 N–H and O–H groups in total. The first kappa shape index (κ1) is 10.8. The Hall–Kier alpha value is -1.68. The number of halogens is 1. The van der Waals surface area contributed by atoms with Crippen molar-refractivity contribution in [2.45, 2.75) is 13.0 Å². The molecule has 0 aliphatic heterocycles. The summed E-state index contributed by atoms with van der Waals surface area (Å²) in [7, 11) is 1.84. The highest BCUT2D eigenvalue weighted by molar-refractivity contribution is 5.30. The minimum absolute atomic E-state index is 0.211. The minimum Gasteiger partial charge on any atom is -0.319 e. The number of aromatic nitrogens is 2. The Bertz CT molecular complexity index is 505. The van der Waals surface area contributed by atoms with Gasteiger partial charge in [-0.3, -0.25) is 4.68 Å². The third kappa shape index (κ3) is 1.97. The van der Waals surface area contributed by atoms with Crippen molar-refractivity contribution < 1.29 is 4.39 Å². The second-order valence-corrected chi connectivity index (χ2v) is 3.90. The van der Waals surface area contributed by atoms with Crippen molar-refractivity contribution in [3.8, 4) is 0 Å². The molecular weight excluding hydrogens is 205 g/mol. The Morgan fingerprint density at radius 2 is 2.12 bits per heavy atom. The van der Waals surface area contributed by atoms with E-state index in [0.29, 0.717) is 5.56 Å². The van der Waals surface area contributed by atoms with Gasteiger partial charge in [-0.1, -0.05) is 12.1 Å². The van der Waals surface area contributed by atoms with Gasteiger partial charge in [-0.15, -0.1) is 0 Å². The Balaban J connectivity index is 2.33. The SMILES string of the molecule is Cc1cc(C(N)c2ccn(C)n2)ccc1F. The second-order valence-electron chi connectivity index (χ2n) is 3.90. The molecule has 2 rings (SSSR count). The van der Waals surface area contributed by atoms with Crippen LogP contribution in [0.4, 0.5) is 4.39 Å². The highest BCUT2D eigenvalue weighted by atomic mass is 19.1. The van der Waals surface area contributed by atoms with Gasteiger partial charge in [0.15, 0.2) is 0 Å². The second kappa shape index (κ2) is 4.06. The lowest BCUT2D eigenvalue weighted by molar-refractivity contribution is 0.616. The highest BCUT2D eigenvalue weighted by Crippen LogP contribution is 2.19. The lowest BCUT2D eigenvalue weighted by atomic mass is 10.0. The first-order valence-electron chi connectivity index (χ1n) is 5.09. The zero-order chi connectivity index (χ0) is 11.7. The van der Waals surface area contributed by atoms with Crippen molar-refractivity contribution in [2.24, 2.45) is 12.8 Å². The maximum Gasteiger partial charge on any atom is 0.126 e. The van der Waals surface area contributed by atoms with Crippen LogP contribution in [0.1, 0.15) is 22.9 Å². The molecule has 0 radical (unpaired) electrons. The third-order valence-electron chi connectivity index (χ3n) is 2.59. The smallest absolute Gasteiger partial charge is 0.126 e. The third-order valence-corrected chi connectivity index (χ3v) is 2.59. The van der Waals surface area contributed by atoms with Crippen LogP contribution in [0.3, 0.4) is 0 Å². The highest BCUT2D eigenvalue weighted by Gasteiger charge is 2.12. The van der Waals surface area contributed by atoms with Gasteiger partial charge in [0.1, 0.15) is 5.82 Å². The average Bonchev–Trinajstić information content (AvgIpc) is 2.68. The molecule has 84 valence electrons. The topological polar surface area (TPSA) is 43.8 Å². The first-order chi connectivity index (χ1) is 7.58. The van der Waals surface area contributed by atoms with E-state index in [0.717, 1.165) is 11.3 Å². The summed E-state index contributed by atoms with van der Waals surface area (Å²) in [5, 5.41) is 4.24. The van der Waals surface area contributed by atoms with E-state index in [1.54, 1.807) is 23.7 Å². The Morgan fingerprint density at radius 1 is 1.38 bits per heavy atom. The zero-order valence-corrected chi connectivity index (χ0v) is 9.31. The Morgan fingerprint density at radius 3 is 2.69 bits per heavy atom. The molecular formula is C12H14FN3. The van der Waals surface area contributed by atoms with E-state index in [-0.39, 0.29) is 11.9 Å². The van der Waals surface area contributed by atoms with Gasteiger partial charge in [0.2, 0.25) is 0 Å². The van der Waals surface area contributed by atoms with Crippen LogP contribution in [-0.4, -0.2) is 9.78 Å². The molecule has 4 heteroatoms. The summed E-state index contributed by atoms with van der Waals surface area (Å²) in [4.78, 5) is 0. The lowest BCUT2D eigenvalue weighted by Crippen LogP contribution is -2.13. The van der Waals surface area contributed by atoms with E-state index >= 15 is 0 Å². The number of hydrogen-bond donors (Lipinski definition) is 1. The largest absolute Gasteiger partial charge is 0.319 e. The number of nitrogens with zero attached hydrogens (tertiary/aromatic N) is 2. The normalized spacial score (nSPS) is 12.8. The molecule has 0 saturated carbocycles. The molecule has 1 heterocycles. The van der Waals surface area contributed by atoms with Crippen LogP contribution in [0.2, 0.25) is 0 Å². The monoisotopic (exact) mass is 219 g/mol. The maximum absolute atomic E-state index is 13.1. The van der Waals surface area contributed by atoms with E-state index in [1.165, 1.54) is 6.07 Å². The number of hydrogen-bond acceptors (Lipinski definition) is 2. The molecule has 16 heavy (non-hydrogen) atoms. The number of nitrogens with two attached hydrogens (primary N) is 1. The fraction of sp³-hybridized carbons (Fsp3) is 0.250. The number of benzene rings is 1. The molecule has 0 bridgehead atoms. The quantitative estimate of drug-likeness (QED) is 0.838. The van der Waals surface area contributed by atoms with Gasteiger partial charge in [-0.25, -0.2) is 4.39 Å². The molecule has 0 spiro atoms. The van der Waals surface area contributed by atoms with Crippen LogP contribution < -0.4 is 5.73 Å². The van der Waals surface area contributed by atoms with Crippen molar-refractivity contribution in [2.75, 3.05) is 0 Å². The zero-order valence-electron chi connectivity index (χ0n) is 9.31. The summed E-state index contributed by atoms with van der Waals surface area (Å²) < 4.78 is 14.8. The molecule has 0 saturated heterocycles. The fourth-order valence-corrected chi connectivity index (χ4v) is 1.63. The Labute approximate surface area is 93.7 Å². The van der Waals surface area contributed by atoms with Crippen molar-refractivity contribution >= 4 is 0 Å². The van der Waals surface area contributed by atoms with Gasteiger partial charge in [0.05, 0.1) is 11.7 Å². The fourth-order valence-electron chi connectivity index (χ4n) is 1.63. The van der Waals surface area contributed by atoms with E-state index in [2.05, 4.69) is 5.10 Å². The van der Waals surface area contributed by atoms with Crippen LogP contribution in [-0.2, 0) is 7.05 Å². The summed E-state index contributed by atoms with van der Waals surface area (Å²) in [5.74, 6) is -0.211. The Kier molecular flexibility index (Phi) is 2.75. The van der Waals surface area contributed by atoms with Crippen molar-refractivity contribution in [1.29, 1.82) is 0 Å². The van der Waals surface area contributed by atoms with E-state index in [1.807, 2.05) is 19.3 Å². The number of aryl methyl sites for hydroxylation is 2. The molecule has 2 aromatic rings. The average molecular weight is 219 g/mol. The van der Waals surface area contributed by atoms with Gasteiger partial charge in [-0.2, -0.15) is 5.10 Å². The minimum atomic E-state index is -0.305. The van der Waals surface area contributed by atoms with Crippen LogP contribution in [0, 0.1) is 12.7 Å². The maximum atomic E-state index is 13.1. The lowest BCUT2D eigenvalue weighted by Gasteiger charge is -2.10. The summed E-state index contributed by atoms with van der Waals surface area (Å²) in [6.45, 7) is 1.73. The van der Waals surface area contributed by atoms with Gasteiger partial charge in [0.25, 0.3) is 0 Å². The van der Waals surface area contributed by atoms with Gasteiger partial charge in [-0.05, 0) is 30.2 Å². The predicted molar refractivity (Wildman–Crippen MR) is 60.4 cm³/mol. The molecule has 1 aromatic carbocycles. The molecule has 0 fully saturated rings. The summed E-state index contributed by atoms with van der Waals surface area (Å²) in [6.07, 6.45) is 1.84. The standard InChI is InChI=1S/C12H14FN3/c1-8-7-9(3-4-10(8)13)12(14)11-5-6-16(2)15-11/h3-7,12H,14H2,1-2H3. The van der Waals surface area contributed by atoms with Crippen LogP contribution in [0.15, 0.2) is 30.5 Å². The van der Waals surface area contributed by atoms with E-state index < -0.39 is 0 Å². The van der Waals surface area contributed by atoms with E-state index in [4.69, 9.17) is 5.73 Å². The predicted octanol–water partition coefficient (Wildman–Crippen LogP) is 1.92. The van der Waals surface area contributed by atoms with Gasteiger partial charge < -0.3 is 5.73 Å². The van der Waals surface area contributed by atoms with Crippen LogP contribution in [0.25, 0.3) is 0 Å². The van der Waals surface area contributed by atoms with Crippen molar-refractivity contribution in [3.63, 3.8) is 0 Å². The van der Waals surface area contributed by atoms with Crippen molar-refractivity contribution in [1.82, 2.24) is 9.78 Å². The van der Waals surface area contributed by atoms with Crippen molar-refractivity contribution in [3.05, 3.63) is 53.1 Å². The summed E-state index contributed by atoms with van der Waals surface area (Å²) in [5.41, 5.74) is 8.31. The molecule has 1 atom stereocenters. The van der Waals surface area contributed by atoms with Gasteiger partial charge >= 0.3 is 0 Å². The molecule has 1 aromatic heterocycles. The van der Waals surface area contributed by atoms with Crippen LogP contribution in [0.5, 0.6) is 0 Å². The molecule has 1 unspecified atom stereocenters. The summed E-state index contributed by atoms with van der Waals surface area (Å²) in [6, 6.07) is 6.45. The van der Waals surface area contributed by atoms with Gasteiger partial charge in [0, 0.05) is 13.2 Å². The number of rotatable bonds is 2. The van der Waals surface area contributed by atoms with E-state index in [9.17, 15) is 4.39 Å². The molecule has 3 nitrogen and oxygen atoms in total.